The van der Waals surface area contributed by atoms with Crippen LogP contribution in [0, 0.1) is 0 Å². The van der Waals surface area contributed by atoms with E-state index >= 15 is 0 Å². The Bertz CT molecular complexity index is 447. The summed E-state index contributed by atoms with van der Waals surface area (Å²) < 4.78 is 1.75. The molecule has 0 aliphatic rings. The van der Waals surface area contributed by atoms with E-state index in [0.29, 0.717) is 5.69 Å². The molecule has 0 saturated heterocycles. The van der Waals surface area contributed by atoms with Crippen LogP contribution in [0.5, 0.6) is 0 Å². The lowest BCUT2D eigenvalue weighted by Crippen LogP contribution is -2.02. The number of carbonyl (C=O) groups excluding carboxylic acids is 1. The van der Waals surface area contributed by atoms with Gasteiger partial charge in [-0.15, -0.1) is 0 Å². The zero-order valence-electron chi connectivity index (χ0n) is 7.27. The quantitative estimate of drug-likeness (QED) is 0.642. The maximum atomic E-state index is 10.8. The Morgan fingerprint density at radius 2 is 2.38 bits per heavy atom. The number of hydrogen-bond acceptors (Lipinski definition) is 3. The SMILES string of the molecule is CCc1ncc2cncn2c1C=O. The number of hydrogen-bond donors (Lipinski definition) is 0. The summed E-state index contributed by atoms with van der Waals surface area (Å²) >= 11 is 0. The Labute approximate surface area is 75.2 Å². The van der Waals surface area contributed by atoms with Crippen molar-refractivity contribution in [3.05, 3.63) is 30.1 Å². The van der Waals surface area contributed by atoms with Crippen LogP contribution in [0.25, 0.3) is 5.52 Å². The first kappa shape index (κ1) is 7.91. The molecule has 0 N–H and O–H groups in total. The number of rotatable bonds is 2. The number of imidazole rings is 1. The summed E-state index contributed by atoms with van der Waals surface area (Å²) in [6.45, 7) is 1.97. The van der Waals surface area contributed by atoms with Gasteiger partial charge in [-0.1, -0.05) is 6.92 Å². The van der Waals surface area contributed by atoms with Gasteiger partial charge in [0.25, 0.3) is 0 Å². The van der Waals surface area contributed by atoms with Gasteiger partial charge in [0.2, 0.25) is 0 Å². The van der Waals surface area contributed by atoms with Crippen molar-refractivity contribution >= 4 is 11.8 Å². The minimum Gasteiger partial charge on any atom is -0.296 e. The van der Waals surface area contributed by atoms with Crippen LogP contribution in [-0.4, -0.2) is 20.7 Å². The normalized spacial score (nSPS) is 10.5. The highest BCUT2D eigenvalue weighted by Gasteiger charge is 2.05. The van der Waals surface area contributed by atoms with E-state index in [0.717, 1.165) is 23.9 Å². The Morgan fingerprint density at radius 1 is 1.54 bits per heavy atom. The maximum absolute atomic E-state index is 10.8. The molecule has 4 nitrogen and oxygen atoms in total. The average molecular weight is 175 g/mol. The van der Waals surface area contributed by atoms with Gasteiger partial charge < -0.3 is 0 Å². The molecule has 0 aromatic carbocycles. The molecule has 0 spiro atoms. The molecule has 13 heavy (non-hydrogen) atoms. The predicted molar refractivity (Wildman–Crippen MR) is 47.8 cm³/mol. The third-order valence-electron chi connectivity index (χ3n) is 2.02. The molecule has 0 atom stereocenters. The highest BCUT2D eigenvalue weighted by Crippen LogP contribution is 2.08. The fourth-order valence-corrected chi connectivity index (χ4v) is 1.35. The summed E-state index contributed by atoms with van der Waals surface area (Å²) in [6, 6.07) is 0. The van der Waals surface area contributed by atoms with Gasteiger partial charge in [0.1, 0.15) is 5.69 Å². The Balaban J connectivity index is 2.81. The number of nitrogens with zero attached hydrogens (tertiary/aromatic N) is 3. The van der Waals surface area contributed by atoms with Gasteiger partial charge in [0.15, 0.2) is 6.29 Å². The van der Waals surface area contributed by atoms with E-state index < -0.39 is 0 Å². The fraction of sp³-hybridized carbons (Fsp3) is 0.222. The molecule has 0 radical (unpaired) electrons. The number of aldehydes is 1. The standard InChI is InChI=1S/C9H9N3O/c1-2-8-9(5-13)12-6-10-3-7(12)4-11-8/h3-6H,2H2,1H3. The fourth-order valence-electron chi connectivity index (χ4n) is 1.35. The first-order valence-electron chi connectivity index (χ1n) is 4.12. The number of aromatic nitrogens is 3. The molecule has 0 unspecified atom stereocenters. The van der Waals surface area contributed by atoms with Gasteiger partial charge in [-0.2, -0.15) is 0 Å². The van der Waals surface area contributed by atoms with Crippen LogP contribution in [0.2, 0.25) is 0 Å². The maximum Gasteiger partial charge on any atom is 0.168 e. The van der Waals surface area contributed by atoms with Crippen LogP contribution in [-0.2, 0) is 6.42 Å². The van der Waals surface area contributed by atoms with Crippen LogP contribution >= 0.6 is 0 Å². The van der Waals surface area contributed by atoms with Crippen molar-refractivity contribution in [2.45, 2.75) is 13.3 Å². The van der Waals surface area contributed by atoms with Crippen LogP contribution in [0.15, 0.2) is 18.7 Å². The highest BCUT2D eigenvalue weighted by molar-refractivity contribution is 5.75. The van der Waals surface area contributed by atoms with Gasteiger partial charge >= 0.3 is 0 Å². The number of fused-ring (bicyclic) bond motifs is 1. The van der Waals surface area contributed by atoms with E-state index in [1.54, 1.807) is 23.1 Å². The van der Waals surface area contributed by atoms with Crippen molar-refractivity contribution in [3.63, 3.8) is 0 Å². The molecule has 2 rings (SSSR count). The van der Waals surface area contributed by atoms with Crippen LogP contribution in [0.4, 0.5) is 0 Å². The van der Waals surface area contributed by atoms with Crippen LogP contribution in [0.3, 0.4) is 0 Å². The second-order valence-corrected chi connectivity index (χ2v) is 2.75. The molecule has 0 saturated carbocycles. The molecule has 0 fully saturated rings. The Kier molecular flexibility index (Phi) is 1.81. The zero-order chi connectivity index (χ0) is 9.26. The molecule has 2 aromatic rings. The van der Waals surface area contributed by atoms with E-state index in [4.69, 9.17) is 0 Å². The topological polar surface area (TPSA) is 47.3 Å². The summed E-state index contributed by atoms with van der Waals surface area (Å²) in [6.07, 6.45) is 6.60. The lowest BCUT2D eigenvalue weighted by molar-refractivity contribution is 0.111. The molecule has 0 aliphatic carbocycles. The molecule has 2 aromatic heterocycles. The van der Waals surface area contributed by atoms with E-state index in [1.165, 1.54) is 0 Å². The average Bonchev–Trinajstić information content (AvgIpc) is 2.63. The van der Waals surface area contributed by atoms with Crippen molar-refractivity contribution in [1.29, 1.82) is 0 Å². The van der Waals surface area contributed by atoms with E-state index in [-0.39, 0.29) is 0 Å². The summed E-state index contributed by atoms with van der Waals surface area (Å²) in [5, 5.41) is 0. The molecule has 66 valence electrons. The lowest BCUT2D eigenvalue weighted by atomic mass is 10.2. The van der Waals surface area contributed by atoms with E-state index in [1.807, 2.05) is 6.92 Å². The molecule has 4 heteroatoms. The largest absolute Gasteiger partial charge is 0.296 e. The molecule has 0 bridgehead atoms. The van der Waals surface area contributed by atoms with Crippen molar-refractivity contribution in [3.8, 4) is 0 Å². The van der Waals surface area contributed by atoms with Gasteiger partial charge in [0, 0.05) is 0 Å². The van der Waals surface area contributed by atoms with Gasteiger partial charge in [-0.25, -0.2) is 4.98 Å². The molecular weight excluding hydrogens is 166 g/mol. The predicted octanol–water partition coefficient (Wildman–Crippen LogP) is 1.10. The van der Waals surface area contributed by atoms with E-state index in [9.17, 15) is 4.79 Å². The summed E-state index contributed by atoms with van der Waals surface area (Å²) in [7, 11) is 0. The van der Waals surface area contributed by atoms with Crippen LogP contribution < -0.4 is 0 Å². The minimum absolute atomic E-state index is 0.595. The smallest absolute Gasteiger partial charge is 0.168 e. The van der Waals surface area contributed by atoms with Crippen molar-refractivity contribution < 1.29 is 4.79 Å². The van der Waals surface area contributed by atoms with Crippen molar-refractivity contribution in [2.24, 2.45) is 0 Å². The van der Waals surface area contributed by atoms with Crippen molar-refractivity contribution in [2.75, 3.05) is 0 Å². The third-order valence-corrected chi connectivity index (χ3v) is 2.02. The molecular formula is C9H9N3O. The summed E-state index contributed by atoms with van der Waals surface area (Å²) in [5.41, 5.74) is 2.25. The molecule has 2 heterocycles. The van der Waals surface area contributed by atoms with Gasteiger partial charge in [-0.05, 0) is 6.42 Å². The highest BCUT2D eigenvalue weighted by atomic mass is 16.1. The zero-order valence-corrected chi connectivity index (χ0v) is 7.27. The number of carbonyl (C=O) groups is 1. The number of aryl methyl sites for hydroxylation is 1. The monoisotopic (exact) mass is 175 g/mol. The first-order chi connectivity index (χ1) is 6.36. The molecule has 0 amide bonds. The Hall–Kier alpha value is -1.71. The molecule has 0 aliphatic heterocycles. The van der Waals surface area contributed by atoms with Gasteiger partial charge in [0.05, 0.1) is 29.9 Å². The van der Waals surface area contributed by atoms with E-state index in [2.05, 4.69) is 9.97 Å². The summed E-state index contributed by atoms with van der Waals surface area (Å²) in [5.74, 6) is 0. The first-order valence-corrected chi connectivity index (χ1v) is 4.12. The second kappa shape index (κ2) is 2.97. The minimum atomic E-state index is 0.595. The van der Waals surface area contributed by atoms with Crippen molar-refractivity contribution in [1.82, 2.24) is 14.4 Å². The second-order valence-electron chi connectivity index (χ2n) is 2.75. The van der Waals surface area contributed by atoms with Crippen LogP contribution in [0.1, 0.15) is 23.1 Å². The lowest BCUT2D eigenvalue weighted by Gasteiger charge is -2.02. The third kappa shape index (κ3) is 1.11. The Morgan fingerprint density at radius 3 is 3.08 bits per heavy atom. The van der Waals surface area contributed by atoms with Gasteiger partial charge in [-0.3, -0.25) is 14.2 Å². The summed E-state index contributed by atoms with van der Waals surface area (Å²) in [4.78, 5) is 18.9.